The second-order valence-electron chi connectivity index (χ2n) is 5.95. The summed E-state index contributed by atoms with van der Waals surface area (Å²) in [6.45, 7) is 7.89. The van der Waals surface area contributed by atoms with Crippen LogP contribution in [0.3, 0.4) is 0 Å². The molecule has 0 N–H and O–H groups in total. The van der Waals surface area contributed by atoms with Crippen LogP contribution in [0.15, 0.2) is 24.3 Å². The second kappa shape index (κ2) is 8.15. The van der Waals surface area contributed by atoms with Gasteiger partial charge in [-0.2, -0.15) is 13.2 Å². The SMILES string of the molecule is CC/C=C/C=C/C(C)[C@H](C(=O)OC(C)(C)C)C(=O)C(F)(F)F. The first-order valence-corrected chi connectivity index (χ1v) is 7.07. The summed E-state index contributed by atoms with van der Waals surface area (Å²) >= 11 is 0. The van der Waals surface area contributed by atoms with Crippen molar-refractivity contribution < 1.29 is 27.5 Å². The largest absolute Gasteiger partial charge is 0.459 e. The lowest BCUT2D eigenvalue weighted by Gasteiger charge is -2.25. The first-order valence-electron chi connectivity index (χ1n) is 7.07. The Hall–Kier alpha value is -1.59. The molecule has 0 aromatic heterocycles. The molecule has 0 aliphatic heterocycles. The number of carbonyl (C=O) groups is 2. The van der Waals surface area contributed by atoms with E-state index in [-0.39, 0.29) is 0 Å². The van der Waals surface area contributed by atoms with E-state index in [0.717, 1.165) is 6.42 Å². The minimum absolute atomic E-state index is 0.774. The number of hydrogen-bond acceptors (Lipinski definition) is 3. The van der Waals surface area contributed by atoms with Crippen molar-refractivity contribution in [1.82, 2.24) is 0 Å². The molecule has 0 aromatic rings. The van der Waals surface area contributed by atoms with Gasteiger partial charge in [-0.05, 0) is 33.1 Å². The molecule has 0 aliphatic carbocycles. The zero-order valence-corrected chi connectivity index (χ0v) is 13.5. The molecule has 6 heteroatoms. The van der Waals surface area contributed by atoms with E-state index in [1.807, 2.05) is 6.92 Å². The Balaban J connectivity index is 5.34. The average Bonchev–Trinajstić information content (AvgIpc) is 2.31. The minimum atomic E-state index is -5.08. The van der Waals surface area contributed by atoms with E-state index >= 15 is 0 Å². The molecule has 0 rings (SSSR count). The normalized spacial score (nSPS) is 16.0. The summed E-state index contributed by atoms with van der Waals surface area (Å²) in [7, 11) is 0. The lowest BCUT2D eigenvalue weighted by atomic mass is 9.89. The van der Waals surface area contributed by atoms with E-state index in [9.17, 15) is 22.8 Å². The lowest BCUT2D eigenvalue weighted by Crippen LogP contribution is -2.41. The Morgan fingerprint density at radius 2 is 1.68 bits per heavy atom. The van der Waals surface area contributed by atoms with Crippen molar-refractivity contribution in [2.45, 2.75) is 52.8 Å². The molecular formula is C16H23F3O3. The van der Waals surface area contributed by atoms with Crippen LogP contribution in [0.4, 0.5) is 13.2 Å². The van der Waals surface area contributed by atoms with Crippen LogP contribution in [-0.4, -0.2) is 23.5 Å². The molecule has 0 fully saturated rings. The third kappa shape index (κ3) is 7.43. The van der Waals surface area contributed by atoms with Gasteiger partial charge in [0.1, 0.15) is 11.5 Å². The van der Waals surface area contributed by atoms with E-state index in [1.54, 1.807) is 12.2 Å². The number of carbonyl (C=O) groups excluding carboxylic acids is 2. The van der Waals surface area contributed by atoms with E-state index in [4.69, 9.17) is 4.74 Å². The number of hydrogen-bond donors (Lipinski definition) is 0. The van der Waals surface area contributed by atoms with Crippen molar-refractivity contribution >= 4 is 11.8 Å². The highest BCUT2D eigenvalue weighted by Crippen LogP contribution is 2.28. The van der Waals surface area contributed by atoms with Crippen molar-refractivity contribution in [3.05, 3.63) is 24.3 Å². The zero-order valence-electron chi connectivity index (χ0n) is 13.5. The van der Waals surface area contributed by atoms with Gasteiger partial charge in [-0.15, -0.1) is 0 Å². The summed E-state index contributed by atoms with van der Waals surface area (Å²) in [6.07, 6.45) is 2.07. The fourth-order valence-electron chi connectivity index (χ4n) is 1.67. The summed E-state index contributed by atoms with van der Waals surface area (Å²) < 4.78 is 43.1. The highest BCUT2D eigenvalue weighted by atomic mass is 19.4. The van der Waals surface area contributed by atoms with Crippen LogP contribution in [0.2, 0.25) is 0 Å². The monoisotopic (exact) mass is 320 g/mol. The van der Waals surface area contributed by atoms with Gasteiger partial charge in [-0.3, -0.25) is 9.59 Å². The summed E-state index contributed by atoms with van der Waals surface area (Å²) in [5.74, 6) is -6.07. The summed E-state index contributed by atoms with van der Waals surface area (Å²) in [5.41, 5.74) is -0.966. The van der Waals surface area contributed by atoms with Crippen LogP contribution in [0.1, 0.15) is 41.0 Å². The molecule has 0 heterocycles. The summed E-state index contributed by atoms with van der Waals surface area (Å²) in [6, 6.07) is 0. The molecule has 0 spiro atoms. The van der Waals surface area contributed by atoms with E-state index in [1.165, 1.54) is 39.8 Å². The maximum atomic E-state index is 12.7. The smallest absolute Gasteiger partial charge is 0.450 e. The van der Waals surface area contributed by atoms with Crippen molar-refractivity contribution in [3.63, 3.8) is 0 Å². The van der Waals surface area contributed by atoms with E-state index < -0.39 is 35.4 Å². The van der Waals surface area contributed by atoms with Gasteiger partial charge in [0.2, 0.25) is 0 Å². The van der Waals surface area contributed by atoms with Crippen LogP contribution in [-0.2, 0) is 14.3 Å². The van der Waals surface area contributed by atoms with Crippen LogP contribution in [0.25, 0.3) is 0 Å². The highest BCUT2D eigenvalue weighted by Gasteiger charge is 2.49. The maximum Gasteiger partial charge on any atom is 0.450 e. The van der Waals surface area contributed by atoms with Crippen LogP contribution in [0.5, 0.6) is 0 Å². The number of alkyl halides is 3. The maximum absolute atomic E-state index is 12.7. The number of halogens is 3. The number of ketones is 1. The standard InChI is InChI=1S/C16H23F3O3/c1-6-7-8-9-10-11(2)12(13(20)16(17,18)19)14(21)22-15(3,4)5/h7-12H,6H2,1-5H3/b8-7+,10-9+/t11?,12-/m0/s1. The topological polar surface area (TPSA) is 43.4 Å². The fourth-order valence-corrected chi connectivity index (χ4v) is 1.67. The number of Topliss-reactive ketones (excluding diaryl/α,β-unsaturated/α-hetero) is 1. The van der Waals surface area contributed by atoms with Gasteiger partial charge < -0.3 is 4.74 Å². The minimum Gasteiger partial charge on any atom is -0.459 e. The molecule has 0 radical (unpaired) electrons. The summed E-state index contributed by atoms with van der Waals surface area (Å²) in [4.78, 5) is 23.5. The molecule has 0 bridgehead atoms. The molecule has 0 aliphatic rings. The number of ether oxygens (including phenoxy) is 1. The van der Waals surface area contributed by atoms with Crippen LogP contribution < -0.4 is 0 Å². The quantitative estimate of drug-likeness (QED) is 0.418. The first-order chi connectivity index (χ1) is 9.90. The summed E-state index contributed by atoms with van der Waals surface area (Å²) in [5, 5.41) is 0. The Bertz CT molecular complexity index is 443. The second-order valence-corrected chi connectivity index (χ2v) is 5.95. The van der Waals surface area contributed by atoms with E-state index in [0.29, 0.717) is 0 Å². The third-order valence-electron chi connectivity index (χ3n) is 2.65. The molecule has 126 valence electrons. The Morgan fingerprint density at radius 3 is 2.09 bits per heavy atom. The lowest BCUT2D eigenvalue weighted by molar-refractivity contribution is -0.185. The Morgan fingerprint density at radius 1 is 1.14 bits per heavy atom. The molecular weight excluding hydrogens is 297 g/mol. The van der Waals surface area contributed by atoms with Crippen molar-refractivity contribution in [1.29, 1.82) is 0 Å². The van der Waals surface area contributed by atoms with Crippen molar-refractivity contribution in [2.75, 3.05) is 0 Å². The van der Waals surface area contributed by atoms with Gasteiger partial charge in [0.25, 0.3) is 5.78 Å². The highest BCUT2D eigenvalue weighted by molar-refractivity contribution is 6.02. The van der Waals surface area contributed by atoms with Gasteiger partial charge in [0.05, 0.1) is 0 Å². The molecule has 1 unspecified atom stereocenters. The van der Waals surface area contributed by atoms with Crippen molar-refractivity contribution in [2.24, 2.45) is 11.8 Å². The number of esters is 1. The van der Waals surface area contributed by atoms with Crippen LogP contribution in [0, 0.1) is 11.8 Å². The molecule has 3 nitrogen and oxygen atoms in total. The van der Waals surface area contributed by atoms with Gasteiger partial charge in [-0.25, -0.2) is 0 Å². The molecule has 0 saturated heterocycles. The predicted molar refractivity (Wildman–Crippen MR) is 78.1 cm³/mol. The van der Waals surface area contributed by atoms with Gasteiger partial charge in [0.15, 0.2) is 0 Å². The molecule has 2 atom stereocenters. The first kappa shape index (κ1) is 20.4. The van der Waals surface area contributed by atoms with E-state index in [2.05, 4.69) is 0 Å². The van der Waals surface area contributed by atoms with Gasteiger partial charge in [-0.1, -0.05) is 38.2 Å². The molecule has 0 amide bonds. The predicted octanol–water partition coefficient (Wildman–Crippen LogP) is 4.23. The Labute approximate surface area is 129 Å². The Kier molecular flexibility index (Phi) is 7.56. The fraction of sp³-hybridized carbons (Fsp3) is 0.625. The number of rotatable bonds is 6. The van der Waals surface area contributed by atoms with Gasteiger partial charge >= 0.3 is 12.1 Å². The average molecular weight is 320 g/mol. The van der Waals surface area contributed by atoms with Gasteiger partial charge in [0, 0.05) is 0 Å². The zero-order chi connectivity index (χ0) is 17.6. The van der Waals surface area contributed by atoms with Crippen molar-refractivity contribution in [3.8, 4) is 0 Å². The molecule has 22 heavy (non-hydrogen) atoms. The van der Waals surface area contributed by atoms with Crippen LogP contribution >= 0.6 is 0 Å². The third-order valence-corrected chi connectivity index (χ3v) is 2.65. The molecule has 0 aromatic carbocycles. The molecule has 0 saturated carbocycles. The number of allylic oxidation sites excluding steroid dienone is 4.